The number of piperidine rings is 1. The fourth-order valence-corrected chi connectivity index (χ4v) is 4.33. The van der Waals surface area contributed by atoms with Crippen molar-refractivity contribution in [1.29, 1.82) is 0 Å². The summed E-state index contributed by atoms with van der Waals surface area (Å²) in [6.07, 6.45) is 0.320. The number of urea groups is 1. The van der Waals surface area contributed by atoms with Crippen LogP contribution >= 0.6 is 11.9 Å². The first-order valence-electron chi connectivity index (χ1n) is 11.2. The lowest BCUT2D eigenvalue weighted by molar-refractivity contribution is -0.137. The molecule has 36 heavy (non-hydrogen) atoms. The predicted octanol–water partition coefficient (Wildman–Crippen LogP) is 5.77. The van der Waals surface area contributed by atoms with Gasteiger partial charge in [-0.25, -0.2) is 9.78 Å². The molecule has 1 atom stereocenters. The molecule has 1 unspecified atom stereocenters. The van der Waals surface area contributed by atoms with Crippen LogP contribution in [0.25, 0.3) is 11.1 Å². The number of nitrogens with zero attached hydrogens (tertiary/aromatic N) is 2. The third-order valence-corrected chi connectivity index (χ3v) is 6.11. The molecule has 1 aromatic heterocycles. The highest BCUT2D eigenvalue weighted by Crippen LogP contribution is 2.31. The Kier molecular flexibility index (Phi) is 7.68. The Morgan fingerprint density at radius 2 is 1.81 bits per heavy atom. The number of alkyl halides is 3. The lowest BCUT2D eigenvalue weighted by atomic mass is 10.0. The van der Waals surface area contributed by atoms with Gasteiger partial charge < -0.3 is 20.3 Å². The number of anilines is 3. The van der Waals surface area contributed by atoms with Crippen molar-refractivity contribution in [2.45, 2.75) is 25.1 Å². The van der Waals surface area contributed by atoms with E-state index >= 15 is 0 Å². The number of hydrogen-bond acceptors (Lipinski definition) is 5. The van der Waals surface area contributed by atoms with Crippen molar-refractivity contribution in [3.63, 3.8) is 0 Å². The van der Waals surface area contributed by atoms with Crippen LogP contribution in [-0.2, 0) is 11.0 Å². The Morgan fingerprint density at radius 1 is 1.08 bits per heavy atom. The Hall–Kier alpha value is -3.73. The van der Waals surface area contributed by atoms with E-state index in [-0.39, 0.29) is 11.6 Å². The van der Waals surface area contributed by atoms with Crippen LogP contribution in [0, 0.1) is 0 Å². The number of halogens is 3. The van der Waals surface area contributed by atoms with E-state index in [0.29, 0.717) is 25.1 Å². The first-order chi connectivity index (χ1) is 17.3. The number of rotatable bonds is 6. The zero-order valence-electron chi connectivity index (χ0n) is 19.3. The summed E-state index contributed by atoms with van der Waals surface area (Å²) >= 11 is 1.45. The highest BCUT2D eigenvalue weighted by molar-refractivity contribution is 7.99. The smallest absolute Gasteiger partial charge is 0.326 e. The van der Waals surface area contributed by atoms with E-state index in [9.17, 15) is 22.8 Å². The maximum atomic E-state index is 13.1. The number of benzene rings is 2. The second kappa shape index (κ2) is 10.9. The third-order valence-electron chi connectivity index (χ3n) is 5.71. The molecule has 0 spiro atoms. The summed E-state index contributed by atoms with van der Waals surface area (Å²) < 4.78 is 41.3. The largest absolute Gasteiger partial charge is 0.416 e. The van der Waals surface area contributed by atoms with Gasteiger partial charge in [-0.3, -0.25) is 4.79 Å². The minimum Gasteiger partial charge on any atom is -0.326 e. The highest BCUT2D eigenvalue weighted by atomic mass is 32.2. The molecule has 11 heteroatoms. The van der Waals surface area contributed by atoms with Crippen LogP contribution in [0.3, 0.4) is 0 Å². The van der Waals surface area contributed by atoms with Crippen molar-refractivity contribution in [2.24, 2.45) is 0 Å². The summed E-state index contributed by atoms with van der Waals surface area (Å²) in [5, 5.41) is 5.12. The molecule has 3 aromatic rings. The zero-order chi connectivity index (χ0) is 25.7. The van der Waals surface area contributed by atoms with Gasteiger partial charge in [0.2, 0.25) is 5.91 Å². The number of aromatic nitrogens is 1. The summed E-state index contributed by atoms with van der Waals surface area (Å²) in [7, 11) is 0. The van der Waals surface area contributed by atoms with E-state index in [0.717, 1.165) is 29.1 Å². The summed E-state index contributed by atoms with van der Waals surface area (Å²) in [4.78, 5) is 31.5. The molecule has 1 aliphatic rings. The molecule has 4 rings (SSSR count). The van der Waals surface area contributed by atoms with Gasteiger partial charge in [0.05, 0.1) is 5.56 Å². The van der Waals surface area contributed by atoms with Gasteiger partial charge in [0.1, 0.15) is 11.9 Å². The van der Waals surface area contributed by atoms with Crippen molar-refractivity contribution in [1.82, 2.24) is 10.3 Å². The van der Waals surface area contributed by atoms with Crippen LogP contribution in [0.15, 0.2) is 66.9 Å². The van der Waals surface area contributed by atoms with Gasteiger partial charge >= 0.3 is 12.2 Å². The van der Waals surface area contributed by atoms with Crippen LogP contribution < -0.4 is 20.3 Å². The van der Waals surface area contributed by atoms with Crippen LogP contribution in [0.1, 0.15) is 18.4 Å². The van der Waals surface area contributed by atoms with Gasteiger partial charge in [0.15, 0.2) is 0 Å². The molecule has 0 aliphatic carbocycles. The number of hydrogen-bond donors (Lipinski definition) is 3. The maximum Gasteiger partial charge on any atom is 0.416 e. The van der Waals surface area contributed by atoms with Crippen LogP contribution in [0.2, 0.25) is 0 Å². The zero-order valence-corrected chi connectivity index (χ0v) is 20.1. The molecule has 188 valence electrons. The number of amides is 3. The standard InChI is InChI=1S/C25H24F3N5O2S/c1-36-32-22-20(4-2-14-29-22)16-6-12-19(13-7-16)33-15-3-5-21(23(33)34)31-24(35)30-18-10-8-17(9-11-18)25(26,27)28/h2,4,6-14,21H,3,5,15H2,1H3,(H,29,32)(H2,30,31,35). The second-order valence-electron chi connectivity index (χ2n) is 8.11. The molecule has 0 radical (unpaired) electrons. The van der Waals surface area contributed by atoms with E-state index in [1.807, 2.05) is 42.7 Å². The maximum absolute atomic E-state index is 13.1. The highest BCUT2D eigenvalue weighted by Gasteiger charge is 2.32. The Labute approximate surface area is 210 Å². The van der Waals surface area contributed by atoms with E-state index in [1.165, 1.54) is 24.1 Å². The Bertz CT molecular complexity index is 1220. The molecule has 2 aromatic carbocycles. The van der Waals surface area contributed by atoms with Gasteiger partial charge in [-0.2, -0.15) is 13.2 Å². The molecule has 0 saturated carbocycles. The van der Waals surface area contributed by atoms with Gasteiger partial charge in [-0.05, 0) is 66.9 Å². The number of carbonyl (C=O) groups excluding carboxylic acids is 2. The topological polar surface area (TPSA) is 86.4 Å². The van der Waals surface area contributed by atoms with E-state index < -0.39 is 23.8 Å². The van der Waals surface area contributed by atoms with Crippen LogP contribution in [0.4, 0.5) is 35.2 Å². The molecule has 1 aliphatic heterocycles. The molecular weight excluding hydrogens is 491 g/mol. The van der Waals surface area contributed by atoms with Crippen molar-refractivity contribution in [3.8, 4) is 11.1 Å². The lowest BCUT2D eigenvalue weighted by Crippen LogP contribution is -2.53. The quantitative estimate of drug-likeness (QED) is 0.363. The SMILES string of the molecule is CSNc1ncccc1-c1ccc(N2CCCC(NC(=O)Nc3ccc(C(F)(F)F)cc3)C2=O)cc1. The van der Waals surface area contributed by atoms with Gasteiger partial charge in [0.25, 0.3) is 0 Å². The molecular formula is C25H24F3N5O2S. The number of nitrogens with one attached hydrogen (secondary N) is 3. The lowest BCUT2D eigenvalue weighted by Gasteiger charge is -2.32. The monoisotopic (exact) mass is 515 g/mol. The average molecular weight is 516 g/mol. The molecule has 1 fully saturated rings. The Balaban J connectivity index is 1.40. The third kappa shape index (κ3) is 5.91. The number of carbonyl (C=O) groups is 2. The van der Waals surface area contributed by atoms with E-state index in [1.54, 1.807) is 11.1 Å². The van der Waals surface area contributed by atoms with Gasteiger partial charge in [-0.1, -0.05) is 24.1 Å². The molecule has 2 heterocycles. The van der Waals surface area contributed by atoms with Gasteiger partial charge in [-0.15, -0.1) is 0 Å². The second-order valence-corrected chi connectivity index (χ2v) is 8.72. The normalized spacial score (nSPS) is 15.9. The van der Waals surface area contributed by atoms with Gasteiger partial charge in [0, 0.05) is 35.9 Å². The first kappa shape index (κ1) is 25.4. The van der Waals surface area contributed by atoms with Crippen molar-refractivity contribution in [2.75, 3.05) is 27.7 Å². The Morgan fingerprint density at radius 3 is 2.47 bits per heavy atom. The summed E-state index contributed by atoms with van der Waals surface area (Å²) in [6, 6.07) is 14.1. The molecule has 7 nitrogen and oxygen atoms in total. The average Bonchev–Trinajstić information content (AvgIpc) is 2.86. The summed E-state index contributed by atoms with van der Waals surface area (Å²) in [6.45, 7) is 0.517. The van der Waals surface area contributed by atoms with E-state index in [4.69, 9.17) is 0 Å². The molecule has 1 saturated heterocycles. The first-order valence-corrected chi connectivity index (χ1v) is 12.4. The molecule has 3 amide bonds. The molecule has 0 bridgehead atoms. The minimum atomic E-state index is -4.46. The number of pyridine rings is 1. The fraction of sp³-hybridized carbons (Fsp3) is 0.240. The van der Waals surface area contributed by atoms with Crippen molar-refractivity contribution < 1.29 is 22.8 Å². The summed E-state index contributed by atoms with van der Waals surface area (Å²) in [5.41, 5.74) is 1.97. The van der Waals surface area contributed by atoms with Crippen molar-refractivity contribution in [3.05, 3.63) is 72.4 Å². The molecule has 3 N–H and O–H groups in total. The summed E-state index contributed by atoms with van der Waals surface area (Å²) in [5.74, 6) is 0.498. The van der Waals surface area contributed by atoms with Crippen molar-refractivity contribution >= 4 is 41.1 Å². The van der Waals surface area contributed by atoms with Crippen LogP contribution in [-0.4, -0.2) is 35.8 Å². The minimum absolute atomic E-state index is 0.196. The predicted molar refractivity (Wildman–Crippen MR) is 136 cm³/mol. The fourth-order valence-electron chi connectivity index (χ4n) is 3.97. The van der Waals surface area contributed by atoms with Crippen LogP contribution in [0.5, 0.6) is 0 Å². The van der Waals surface area contributed by atoms with E-state index in [2.05, 4.69) is 20.3 Å².